The second kappa shape index (κ2) is 4.60. The number of anilines is 1. The Morgan fingerprint density at radius 3 is 2.70 bits per heavy atom. The van der Waals surface area contributed by atoms with E-state index in [9.17, 15) is 4.39 Å². The molecule has 3 atom stereocenters. The van der Waals surface area contributed by atoms with Crippen LogP contribution in [0.25, 0.3) is 0 Å². The Bertz CT molecular complexity index is 625. The van der Waals surface area contributed by atoms with Crippen molar-refractivity contribution in [3.8, 4) is 0 Å². The molecule has 0 aliphatic carbocycles. The minimum Gasteiger partial charge on any atom is -0.378 e. The molecular weight excluding hydrogens is 253 g/mol. The third-order valence-electron chi connectivity index (χ3n) is 4.37. The number of ether oxygens (including phenoxy) is 1. The summed E-state index contributed by atoms with van der Waals surface area (Å²) < 4.78 is 19.1. The summed E-state index contributed by atoms with van der Waals surface area (Å²) in [7, 11) is 0. The summed E-state index contributed by atoms with van der Waals surface area (Å²) in [6.45, 7) is 0.795. The van der Waals surface area contributed by atoms with Gasteiger partial charge in [-0.15, -0.1) is 0 Å². The monoisotopic (exact) mass is 269 g/mol. The molecule has 1 saturated heterocycles. The molecule has 20 heavy (non-hydrogen) atoms. The quantitative estimate of drug-likeness (QED) is 0.842. The molecule has 0 spiro atoms. The summed E-state index contributed by atoms with van der Waals surface area (Å²) in [5.41, 5.74) is 3.50. The summed E-state index contributed by atoms with van der Waals surface area (Å²) in [6.07, 6.45) is 1.19. The first-order chi connectivity index (χ1) is 9.83. The predicted molar refractivity (Wildman–Crippen MR) is 76.0 cm³/mol. The average molecular weight is 269 g/mol. The van der Waals surface area contributed by atoms with Crippen molar-refractivity contribution >= 4 is 5.69 Å². The Balaban J connectivity index is 1.76. The zero-order valence-corrected chi connectivity index (χ0v) is 11.1. The molecule has 0 radical (unpaired) electrons. The van der Waals surface area contributed by atoms with Crippen molar-refractivity contribution in [3.05, 3.63) is 65.5 Å². The molecule has 0 saturated carbocycles. The molecule has 0 unspecified atom stereocenters. The fraction of sp³-hybridized carbons (Fsp3) is 0.294. The van der Waals surface area contributed by atoms with Gasteiger partial charge in [0.25, 0.3) is 0 Å². The summed E-state index contributed by atoms with van der Waals surface area (Å²) >= 11 is 0. The normalized spacial score (nSPS) is 27.6. The first-order valence-corrected chi connectivity index (χ1v) is 7.05. The zero-order chi connectivity index (χ0) is 13.5. The van der Waals surface area contributed by atoms with Gasteiger partial charge < -0.3 is 10.1 Å². The molecule has 2 aliphatic heterocycles. The van der Waals surface area contributed by atoms with E-state index < -0.39 is 0 Å². The number of benzene rings is 2. The van der Waals surface area contributed by atoms with E-state index in [4.69, 9.17) is 4.74 Å². The third-order valence-corrected chi connectivity index (χ3v) is 4.37. The fourth-order valence-electron chi connectivity index (χ4n) is 3.42. The molecule has 2 heterocycles. The SMILES string of the molecule is Fc1ccc([C@@H]2Nc3ccccc3[C@H]3OCC[C@H]32)cc1. The highest BCUT2D eigenvalue weighted by molar-refractivity contribution is 5.57. The van der Waals surface area contributed by atoms with Gasteiger partial charge in [0.2, 0.25) is 0 Å². The van der Waals surface area contributed by atoms with E-state index in [1.54, 1.807) is 0 Å². The Hall–Kier alpha value is -1.87. The van der Waals surface area contributed by atoms with E-state index in [-0.39, 0.29) is 18.0 Å². The van der Waals surface area contributed by atoms with E-state index >= 15 is 0 Å². The molecule has 4 rings (SSSR count). The maximum absolute atomic E-state index is 13.1. The van der Waals surface area contributed by atoms with Crippen LogP contribution in [0.2, 0.25) is 0 Å². The Kier molecular flexibility index (Phi) is 2.74. The lowest BCUT2D eigenvalue weighted by Crippen LogP contribution is -2.29. The van der Waals surface area contributed by atoms with Crippen LogP contribution in [0.3, 0.4) is 0 Å². The Labute approximate surface area is 117 Å². The smallest absolute Gasteiger partial charge is 0.123 e. The van der Waals surface area contributed by atoms with Crippen LogP contribution < -0.4 is 5.32 Å². The van der Waals surface area contributed by atoms with Crippen LogP contribution >= 0.6 is 0 Å². The number of hydrogen-bond acceptors (Lipinski definition) is 2. The summed E-state index contributed by atoms with van der Waals surface area (Å²) in [5.74, 6) is 0.222. The zero-order valence-electron chi connectivity index (χ0n) is 11.1. The second-order valence-corrected chi connectivity index (χ2v) is 5.50. The second-order valence-electron chi connectivity index (χ2n) is 5.50. The van der Waals surface area contributed by atoms with Gasteiger partial charge in [-0.2, -0.15) is 0 Å². The lowest BCUT2D eigenvalue weighted by molar-refractivity contribution is 0.0829. The number of rotatable bonds is 1. The van der Waals surface area contributed by atoms with Crippen molar-refractivity contribution < 1.29 is 9.13 Å². The lowest BCUT2D eigenvalue weighted by atomic mass is 9.81. The highest BCUT2D eigenvalue weighted by Crippen LogP contribution is 2.49. The number of para-hydroxylation sites is 1. The first-order valence-electron chi connectivity index (χ1n) is 7.05. The minimum atomic E-state index is -0.191. The molecule has 2 aliphatic rings. The summed E-state index contributed by atoms with van der Waals surface area (Å²) in [6, 6.07) is 15.3. The van der Waals surface area contributed by atoms with Crippen molar-refractivity contribution in [1.29, 1.82) is 0 Å². The molecule has 2 aromatic carbocycles. The molecule has 0 amide bonds. The molecule has 2 aromatic rings. The van der Waals surface area contributed by atoms with Gasteiger partial charge in [-0.3, -0.25) is 0 Å². The van der Waals surface area contributed by atoms with Crippen molar-refractivity contribution in [1.82, 2.24) is 0 Å². The highest BCUT2D eigenvalue weighted by Gasteiger charge is 2.41. The number of halogens is 1. The molecule has 3 heteroatoms. The van der Waals surface area contributed by atoms with E-state index in [0.29, 0.717) is 5.92 Å². The molecule has 2 nitrogen and oxygen atoms in total. The van der Waals surface area contributed by atoms with Gasteiger partial charge in [-0.1, -0.05) is 30.3 Å². The predicted octanol–water partition coefficient (Wildman–Crippen LogP) is 4.07. The lowest BCUT2D eigenvalue weighted by Gasteiger charge is -2.36. The molecular formula is C17H16FNO. The minimum absolute atomic E-state index is 0.155. The van der Waals surface area contributed by atoms with Crippen LogP contribution in [-0.2, 0) is 4.74 Å². The van der Waals surface area contributed by atoms with E-state index in [1.807, 2.05) is 18.2 Å². The van der Waals surface area contributed by atoms with E-state index in [2.05, 4.69) is 23.5 Å². The number of hydrogen-bond donors (Lipinski definition) is 1. The largest absolute Gasteiger partial charge is 0.378 e. The molecule has 0 bridgehead atoms. The number of nitrogens with one attached hydrogen (secondary N) is 1. The van der Waals surface area contributed by atoms with Crippen molar-refractivity contribution in [3.63, 3.8) is 0 Å². The topological polar surface area (TPSA) is 21.3 Å². The van der Waals surface area contributed by atoms with Crippen LogP contribution in [0.1, 0.15) is 29.7 Å². The van der Waals surface area contributed by atoms with Gasteiger partial charge in [0.05, 0.1) is 12.1 Å². The maximum Gasteiger partial charge on any atom is 0.123 e. The molecule has 0 aromatic heterocycles. The van der Waals surface area contributed by atoms with Crippen molar-refractivity contribution in [2.45, 2.75) is 18.6 Å². The van der Waals surface area contributed by atoms with E-state index in [0.717, 1.165) is 24.3 Å². The van der Waals surface area contributed by atoms with E-state index in [1.165, 1.54) is 17.7 Å². The van der Waals surface area contributed by atoms with Gasteiger partial charge >= 0.3 is 0 Å². The van der Waals surface area contributed by atoms with Crippen LogP contribution in [0.4, 0.5) is 10.1 Å². The van der Waals surface area contributed by atoms with Gasteiger partial charge in [-0.25, -0.2) is 4.39 Å². The summed E-state index contributed by atoms with van der Waals surface area (Å²) in [5, 5.41) is 3.60. The van der Waals surface area contributed by atoms with Crippen molar-refractivity contribution in [2.24, 2.45) is 5.92 Å². The molecule has 1 N–H and O–H groups in total. The van der Waals surface area contributed by atoms with Crippen LogP contribution in [0.5, 0.6) is 0 Å². The van der Waals surface area contributed by atoms with Gasteiger partial charge in [0.15, 0.2) is 0 Å². The average Bonchev–Trinajstić information content (AvgIpc) is 2.97. The van der Waals surface area contributed by atoms with Gasteiger partial charge in [-0.05, 0) is 30.2 Å². The number of fused-ring (bicyclic) bond motifs is 3. The van der Waals surface area contributed by atoms with Crippen LogP contribution in [0, 0.1) is 11.7 Å². The fourth-order valence-corrected chi connectivity index (χ4v) is 3.42. The first kappa shape index (κ1) is 11.9. The molecule has 102 valence electrons. The Morgan fingerprint density at radius 2 is 1.85 bits per heavy atom. The maximum atomic E-state index is 13.1. The highest BCUT2D eigenvalue weighted by atomic mass is 19.1. The molecule has 1 fully saturated rings. The van der Waals surface area contributed by atoms with Gasteiger partial charge in [0.1, 0.15) is 5.82 Å². The Morgan fingerprint density at radius 1 is 1.05 bits per heavy atom. The van der Waals surface area contributed by atoms with Crippen LogP contribution in [0.15, 0.2) is 48.5 Å². The third kappa shape index (κ3) is 1.81. The van der Waals surface area contributed by atoms with Gasteiger partial charge in [0, 0.05) is 23.8 Å². The summed E-state index contributed by atoms with van der Waals surface area (Å²) in [4.78, 5) is 0. The standard InChI is InChI=1S/C17H16FNO/c18-12-7-5-11(6-8-12)16-14-9-10-20-17(14)13-3-1-2-4-15(13)19-16/h1-8,14,16-17,19H,9-10H2/t14-,16-,17+/m0/s1. The van der Waals surface area contributed by atoms with Crippen LogP contribution in [-0.4, -0.2) is 6.61 Å². The van der Waals surface area contributed by atoms with Crippen molar-refractivity contribution in [2.75, 3.05) is 11.9 Å².